The molecule has 1 aromatic rings. The first-order valence-corrected chi connectivity index (χ1v) is 12.4. The van der Waals surface area contributed by atoms with E-state index >= 15 is 0 Å². The van der Waals surface area contributed by atoms with Crippen LogP contribution in [0.3, 0.4) is 0 Å². The molecule has 0 unspecified atom stereocenters. The van der Waals surface area contributed by atoms with Crippen molar-refractivity contribution in [2.75, 3.05) is 0 Å². The summed E-state index contributed by atoms with van der Waals surface area (Å²) in [6.45, 7) is 4.67. The van der Waals surface area contributed by atoms with Crippen LogP contribution in [0.1, 0.15) is 65.2 Å². The van der Waals surface area contributed by atoms with Gasteiger partial charge >= 0.3 is 7.12 Å². The minimum absolute atomic E-state index is 0.218. The van der Waals surface area contributed by atoms with Crippen LogP contribution in [0, 0.1) is 46.8 Å². The molecule has 0 bridgehead atoms. The molecule has 1 heterocycles. The van der Waals surface area contributed by atoms with E-state index < -0.39 is 18.5 Å². The molecule has 6 rings (SSSR count). The van der Waals surface area contributed by atoms with E-state index in [0.717, 1.165) is 50.4 Å². The topological polar surface area (TPSA) is 55.8 Å². The van der Waals surface area contributed by atoms with Gasteiger partial charge in [0.1, 0.15) is 5.78 Å². The zero-order chi connectivity index (χ0) is 22.4. The SMILES string of the molecule is C#C[C@]12OB(c3ccccc3)O[C@@]1(O)C[C@H]1[C@@H]3CC[C@H]4CC(=O)CC[C@]4(C)[C@H]3CC[C@@]12C. The molecule has 0 aromatic heterocycles. The van der Waals surface area contributed by atoms with Crippen LogP contribution in [-0.4, -0.2) is 29.4 Å². The van der Waals surface area contributed by atoms with Crippen molar-refractivity contribution < 1.29 is 19.2 Å². The molecule has 5 fully saturated rings. The second kappa shape index (κ2) is 6.72. The van der Waals surface area contributed by atoms with Crippen LogP contribution < -0.4 is 5.46 Å². The number of terminal acetylenes is 1. The Bertz CT molecular complexity index is 989. The van der Waals surface area contributed by atoms with E-state index in [2.05, 4.69) is 19.8 Å². The summed E-state index contributed by atoms with van der Waals surface area (Å²) in [6.07, 6.45) is 13.4. The van der Waals surface area contributed by atoms with Crippen molar-refractivity contribution in [2.45, 2.75) is 76.6 Å². The quantitative estimate of drug-likeness (QED) is 0.543. The van der Waals surface area contributed by atoms with Gasteiger partial charge in [0.25, 0.3) is 0 Å². The molecule has 0 amide bonds. The van der Waals surface area contributed by atoms with Crippen molar-refractivity contribution >= 4 is 18.4 Å². The molecule has 0 spiro atoms. The fraction of sp³-hybridized carbons (Fsp3) is 0.667. The first-order valence-electron chi connectivity index (χ1n) is 12.4. The van der Waals surface area contributed by atoms with Gasteiger partial charge in [0.2, 0.25) is 0 Å². The number of aliphatic hydroxyl groups is 1. The lowest BCUT2D eigenvalue weighted by Gasteiger charge is -2.60. The predicted molar refractivity (Wildman–Crippen MR) is 123 cm³/mol. The maximum Gasteiger partial charge on any atom is 0.497 e. The molecule has 4 nitrogen and oxygen atoms in total. The number of hydrogen-bond donors (Lipinski definition) is 1. The Morgan fingerprint density at radius 2 is 1.88 bits per heavy atom. The number of ketones is 1. The molecular formula is C27H33BO4. The number of carbonyl (C=O) groups is 1. The van der Waals surface area contributed by atoms with E-state index in [1.807, 2.05) is 30.3 Å². The largest absolute Gasteiger partial charge is 0.497 e. The zero-order valence-electron chi connectivity index (χ0n) is 19.2. The van der Waals surface area contributed by atoms with Crippen molar-refractivity contribution in [1.29, 1.82) is 0 Å². The van der Waals surface area contributed by atoms with Gasteiger partial charge in [-0.2, -0.15) is 0 Å². The molecule has 5 heteroatoms. The van der Waals surface area contributed by atoms with E-state index in [1.54, 1.807) is 0 Å². The summed E-state index contributed by atoms with van der Waals surface area (Å²) in [4.78, 5) is 12.2. The lowest BCUT2D eigenvalue weighted by Crippen LogP contribution is -2.59. The smallest absolute Gasteiger partial charge is 0.386 e. The maximum atomic E-state index is 12.2. The number of benzene rings is 1. The highest BCUT2D eigenvalue weighted by molar-refractivity contribution is 6.62. The van der Waals surface area contributed by atoms with Crippen molar-refractivity contribution in [3.05, 3.63) is 30.3 Å². The van der Waals surface area contributed by atoms with Crippen LogP contribution in [0.2, 0.25) is 0 Å². The van der Waals surface area contributed by atoms with Gasteiger partial charge in [0, 0.05) is 24.7 Å². The standard InChI is InChI=1S/C27H33BO4/c1-4-26-25(3)15-13-22-21(11-10-18-16-20(29)12-14-24(18,22)2)23(25)17-27(26,30)32-28(31-26)19-8-6-5-7-9-19/h1,5-9,18,21-23,30H,10-17H2,2-3H3/t18-,21+,22-,23-,24-,25-,26+,27-/m0/s1. The number of rotatable bonds is 1. The van der Waals surface area contributed by atoms with Crippen molar-refractivity contribution in [3.8, 4) is 12.3 Å². The lowest BCUT2D eigenvalue weighted by atomic mass is 9.44. The Hall–Kier alpha value is -1.61. The highest BCUT2D eigenvalue weighted by Gasteiger charge is 2.78. The molecule has 1 N–H and O–H groups in total. The van der Waals surface area contributed by atoms with Gasteiger partial charge in [-0.25, -0.2) is 0 Å². The lowest BCUT2D eigenvalue weighted by molar-refractivity contribution is -0.188. The third-order valence-electron chi connectivity index (χ3n) is 10.6. The summed E-state index contributed by atoms with van der Waals surface area (Å²) in [5.74, 6) is 3.75. The predicted octanol–water partition coefficient (Wildman–Crippen LogP) is 3.71. The highest BCUT2D eigenvalue weighted by atomic mass is 16.7. The third kappa shape index (κ3) is 2.44. The minimum Gasteiger partial charge on any atom is -0.386 e. The minimum atomic E-state index is -1.48. The molecule has 1 aliphatic heterocycles. The van der Waals surface area contributed by atoms with Crippen molar-refractivity contribution in [2.24, 2.45) is 34.5 Å². The molecule has 168 valence electrons. The number of hydrogen-bond acceptors (Lipinski definition) is 4. The summed E-state index contributed by atoms with van der Waals surface area (Å²) < 4.78 is 12.8. The zero-order valence-corrected chi connectivity index (χ0v) is 19.2. The second-order valence-corrected chi connectivity index (χ2v) is 11.6. The van der Waals surface area contributed by atoms with E-state index in [-0.39, 0.29) is 16.7 Å². The highest BCUT2D eigenvalue weighted by Crippen LogP contribution is 2.71. The normalized spacial score (nSPS) is 49.6. The van der Waals surface area contributed by atoms with Crippen LogP contribution in [0.5, 0.6) is 0 Å². The van der Waals surface area contributed by atoms with E-state index in [0.29, 0.717) is 30.0 Å². The third-order valence-corrected chi connectivity index (χ3v) is 10.6. The summed E-state index contributed by atoms with van der Waals surface area (Å²) >= 11 is 0. The van der Waals surface area contributed by atoms with Gasteiger partial charge in [-0.05, 0) is 66.7 Å². The summed E-state index contributed by atoms with van der Waals surface area (Å²) in [7, 11) is -0.648. The van der Waals surface area contributed by atoms with Crippen LogP contribution in [-0.2, 0) is 14.1 Å². The molecule has 8 atom stereocenters. The Kier molecular flexibility index (Phi) is 4.40. The molecule has 1 aromatic carbocycles. The van der Waals surface area contributed by atoms with Gasteiger partial charge in [-0.1, -0.05) is 50.1 Å². The van der Waals surface area contributed by atoms with Crippen molar-refractivity contribution in [1.82, 2.24) is 0 Å². The number of fused-ring (bicyclic) bond motifs is 7. The first-order chi connectivity index (χ1) is 15.3. The average molecular weight is 432 g/mol. The van der Waals surface area contributed by atoms with E-state index in [4.69, 9.17) is 15.7 Å². The Balaban J connectivity index is 1.35. The average Bonchev–Trinajstić information content (AvgIpc) is 3.19. The Morgan fingerprint density at radius 1 is 1.09 bits per heavy atom. The summed E-state index contributed by atoms with van der Waals surface area (Å²) in [5, 5.41) is 11.9. The molecule has 1 saturated heterocycles. The molecular weight excluding hydrogens is 399 g/mol. The first kappa shape index (κ1) is 21.0. The Morgan fingerprint density at radius 3 is 2.62 bits per heavy atom. The van der Waals surface area contributed by atoms with Crippen LogP contribution in [0.4, 0.5) is 0 Å². The van der Waals surface area contributed by atoms with Gasteiger partial charge in [-0.3, -0.25) is 4.79 Å². The molecule has 4 saturated carbocycles. The monoisotopic (exact) mass is 432 g/mol. The van der Waals surface area contributed by atoms with E-state index in [9.17, 15) is 9.90 Å². The van der Waals surface area contributed by atoms with Gasteiger partial charge < -0.3 is 14.4 Å². The van der Waals surface area contributed by atoms with Crippen LogP contribution in [0.25, 0.3) is 0 Å². The van der Waals surface area contributed by atoms with Crippen LogP contribution >= 0.6 is 0 Å². The van der Waals surface area contributed by atoms with Crippen molar-refractivity contribution in [3.63, 3.8) is 0 Å². The van der Waals surface area contributed by atoms with Gasteiger partial charge in [0.15, 0.2) is 11.4 Å². The summed E-state index contributed by atoms with van der Waals surface area (Å²) in [5.41, 5.74) is -0.375. The van der Waals surface area contributed by atoms with Crippen LogP contribution in [0.15, 0.2) is 30.3 Å². The summed E-state index contributed by atoms with van der Waals surface area (Å²) in [6, 6.07) is 9.78. The van der Waals surface area contributed by atoms with Gasteiger partial charge in [-0.15, -0.1) is 6.42 Å². The Labute approximate surface area is 191 Å². The van der Waals surface area contributed by atoms with E-state index in [1.165, 1.54) is 0 Å². The second-order valence-electron chi connectivity index (χ2n) is 11.6. The molecule has 5 aliphatic rings. The molecule has 0 radical (unpaired) electrons. The number of carbonyl (C=O) groups excluding carboxylic acids is 1. The number of Topliss-reactive ketones (excluding diaryl/α,β-unsaturated/α-hetero) is 1. The molecule has 32 heavy (non-hydrogen) atoms. The fourth-order valence-electron chi connectivity index (χ4n) is 8.84. The molecule has 4 aliphatic carbocycles. The maximum absolute atomic E-state index is 12.2. The fourth-order valence-corrected chi connectivity index (χ4v) is 8.84. The van der Waals surface area contributed by atoms with Gasteiger partial charge in [0.05, 0.1) is 0 Å².